The van der Waals surface area contributed by atoms with Crippen LogP contribution in [0.15, 0.2) is 24.3 Å². The molecule has 0 saturated carbocycles. The second-order valence-electron chi connectivity index (χ2n) is 7.35. The Bertz CT molecular complexity index is 341. The van der Waals surface area contributed by atoms with Crippen LogP contribution in [-0.2, 0) is 14.2 Å². The smallest absolute Gasteiger partial charge is 0.160 e. The highest BCUT2D eigenvalue weighted by molar-refractivity contribution is 9.09. The molecule has 0 N–H and O–H groups in total. The fourth-order valence-electron chi connectivity index (χ4n) is 3.01. The molecule has 0 aliphatic carbocycles. The van der Waals surface area contributed by atoms with E-state index in [-0.39, 0.29) is 12.6 Å². The summed E-state index contributed by atoms with van der Waals surface area (Å²) in [5.74, 6) is 0. The number of hydrogen-bond donors (Lipinski definition) is 0. The maximum atomic E-state index is 5.97. The fourth-order valence-corrected chi connectivity index (χ4v) is 3.80. The molecular weight excluding hydrogens is 496 g/mol. The quantitative estimate of drug-likeness (QED) is 0.0598. The third-order valence-electron chi connectivity index (χ3n) is 4.81. The molecular formula is C24H44Br2O3. The first kappa shape index (κ1) is 29.3. The number of methoxy groups -OCH3 is 2. The average Bonchev–Trinajstić information content (AvgIpc) is 2.74. The Morgan fingerprint density at radius 2 is 0.931 bits per heavy atom. The maximum Gasteiger partial charge on any atom is 0.160 e. The third-order valence-corrected chi connectivity index (χ3v) is 5.93. The third kappa shape index (κ3) is 21.3. The van der Waals surface area contributed by atoms with E-state index in [1.165, 1.54) is 64.2 Å². The number of ether oxygens (including phenoxy) is 3. The number of hydrogen-bond acceptors (Lipinski definition) is 3. The van der Waals surface area contributed by atoms with Crippen molar-refractivity contribution in [1.29, 1.82) is 0 Å². The van der Waals surface area contributed by atoms with Gasteiger partial charge in [-0.3, -0.25) is 0 Å². The fraction of sp³-hybridized carbons (Fsp3) is 0.833. The van der Waals surface area contributed by atoms with E-state index >= 15 is 0 Å². The summed E-state index contributed by atoms with van der Waals surface area (Å²) in [6.07, 6.45) is 25.1. The van der Waals surface area contributed by atoms with E-state index in [0.29, 0.717) is 0 Å². The zero-order valence-corrected chi connectivity index (χ0v) is 21.9. The molecule has 0 aromatic rings. The second kappa shape index (κ2) is 24.6. The predicted molar refractivity (Wildman–Crippen MR) is 133 cm³/mol. The van der Waals surface area contributed by atoms with Gasteiger partial charge in [0.25, 0.3) is 0 Å². The summed E-state index contributed by atoms with van der Waals surface area (Å²) in [5, 5.41) is 2.25. The van der Waals surface area contributed by atoms with Crippen molar-refractivity contribution in [3.8, 4) is 0 Å². The van der Waals surface area contributed by atoms with Gasteiger partial charge in [0.05, 0.1) is 0 Å². The van der Waals surface area contributed by atoms with Crippen molar-refractivity contribution in [2.24, 2.45) is 0 Å². The van der Waals surface area contributed by atoms with Crippen molar-refractivity contribution in [3.63, 3.8) is 0 Å². The van der Waals surface area contributed by atoms with Crippen LogP contribution in [0.3, 0.4) is 0 Å². The first-order valence-corrected chi connectivity index (χ1v) is 13.7. The van der Waals surface area contributed by atoms with Crippen LogP contribution in [0.25, 0.3) is 0 Å². The van der Waals surface area contributed by atoms with Crippen molar-refractivity contribution in [1.82, 2.24) is 0 Å². The molecule has 5 heteroatoms. The Balaban J connectivity index is 3.81. The van der Waals surface area contributed by atoms with Gasteiger partial charge in [-0.2, -0.15) is 0 Å². The van der Waals surface area contributed by atoms with Gasteiger partial charge in [0.2, 0.25) is 0 Å². The zero-order valence-electron chi connectivity index (χ0n) is 18.8. The molecule has 0 bridgehead atoms. The molecule has 2 unspecified atom stereocenters. The minimum Gasteiger partial charge on any atom is -0.356 e. The Hall–Kier alpha value is 0.320. The highest BCUT2D eigenvalue weighted by Crippen LogP contribution is 2.13. The van der Waals surface area contributed by atoms with Gasteiger partial charge >= 0.3 is 0 Å². The molecule has 0 aromatic carbocycles. The van der Waals surface area contributed by atoms with E-state index < -0.39 is 0 Å². The first-order chi connectivity index (χ1) is 14.3. The van der Waals surface area contributed by atoms with E-state index in [1.807, 2.05) is 0 Å². The van der Waals surface area contributed by atoms with E-state index in [1.54, 1.807) is 14.2 Å². The van der Waals surface area contributed by atoms with Gasteiger partial charge in [0, 0.05) is 37.7 Å². The van der Waals surface area contributed by atoms with Gasteiger partial charge in [-0.1, -0.05) is 81.8 Å². The molecule has 0 heterocycles. The molecule has 0 radical (unpaired) electrons. The van der Waals surface area contributed by atoms with Gasteiger partial charge in [0.1, 0.15) is 0 Å². The number of halogens is 2. The molecule has 0 aliphatic heterocycles. The molecule has 2 atom stereocenters. The van der Waals surface area contributed by atoms with Crippen molar-refractivity contribution in [2.45, 2.75) is 102 Å². The van der Waals surface area contributed by atoms with Gasteiger partial charge in [0.15, 0.2) is 12.6 Å². The molecule has 0 rings (SSSR count). The summed E-state index contributed by atoms with van der Waals surface area (Å²) in [6.45, 7) is 0. The summed E-state index contributed by atoms with van der Waals surface area (Å²) >= 11 is 6.95. The zero-order chi connectivity index (χ0) is 21.4. The summed E-state index contributed by atoms with van der Waals surface area (Å²) in [4.78, 5) is 0. The summed E-state index contributed by atoms with van der Waals surface area (Å²) in [5.41, 5.74) is 0. The second-order valence-corrected chi connectivity index (χ2v) is 8.93. The molecule has 0 fully saturated rings. The number of alkyl halides is 2. The standard InChI is InChI=1S/C24H44Br2O3/c1-27-23(19-15-11-7-3-5-9-13-17-21-25)29-24(28-2)20-16-12-8-4-6-10-14-18-22-26/h7-8,11-12,23-24H,3-6,9-10,13-22H2,1-2H3. The van der Waals surface area contributed by atoms with Crippen LogP contribution in [0.4, 0.5) is 0 Å². The summed E-state index contributed by atoms with van der Waals surface area (Å²) in [6, 6.07) is 0. The first-order valence-electron chi connectivity index (χ1n) is 11.4. The molecule has 0 amide bonds. The average molecular weight is 540 g/mol. The normalized spacial score (nSPS) is 14.2. The topological polar surface area (TPSA) is 27.7 Å². The summed E-state index contributed by atoms with van der Waals surface area (Å²) < 4.78 is 16.9. The summed E-state index contributed by atoms with van der Waals surface area (Å²) in [7, 11) is 3.42. The number of allylic oxidation sites excluding steroid dienone is 4. The molecule has 0 aromatic heterocycles. The van der Waals surface area contributed by atoms with E-state index in [2.05, 4.69) is 56.2 Å². The Morgan fingerprint density at radius 1 is 0.552 bits per heavy atom. The number of rotatable bonds is 22. The lowest BCUT2D eigenvalue weighted by atomic mass is 10.1. The highest BCUT2D eigenvalue weighted by atomic mass is 79.9. The van der Waals surface area contributed by atoms with Crippen LogP contribution in [0.1, 0.15) is 89.9 Å². The molecule has 29 heavy (non-hydrogen) atoms. The number of unbranched alkanes of at least 4 members (excludes halogenated alkanes) is 8. The van der Waals surface area contributed by atoms with E-state index in [4.69, 9.17) is 14.2 Å². The lowest BCUT2D eigenvalue weighted by Crippen LogP contribution is -2.25. The Labute approximate surface area is 197 Å². The Morgan fingerprint density at radius 3 is 1.31 bits per heavy atom. The van der Waals surface area contributed by atoms with Crippen LogP contribution in [0, 0.1) is 0 Å². The van der Waals surface area contributed by atoms with Crippen LogP contribution in [0.2, 0.25) is 0 Å². The highest BCUT2D eigenvalue weighted by Gasteiger charge is 2.14. The molecule has 172 valence electrons. The minimum absolute atomic E-state index is 0.207. The van der Waals surface area contributed by atoms with Crippen molar-refractivity contribution < 1.29 is 14.2 Å². The van der Waals surface area contributed by atoms with Crippen molar-refractivity contribution in [2.75, 3.05) is 24.9 Å². The van der Waals surface area contributed by atoms with Crippen LogP contribution in [-0.4, -0.2) is 37.5 Å². The predicted octanol–water partition coefficient (Wildman–Crippen LogP) is 8.31. The van der Waals surface area contributed by atoms with Crippen LogP contribution >= 0.6 is 31.9 Å². The van der Waals surface area contributed by atoms with Gasteiger partial charge in [-0.15, -0.1) is 0 Å². The minimum atomic E-state index is -0.207. The SMILES string of the molecule is COC(CCC=CCCCCCCBr)OC(CCC=CCCCCCCBr)OC. The van der Waals surface area contributed by atoms with E-state index in [9.17, 15) is 0 Å². The van der Waals surface area contributed by atoms with Gasteiger partial charge in [-0.25, -0.2) is 0 Å². The lowest BCUT2D eigenvalue weighted by Gasteiger charge is -2.22. The molecule has 0 spiro atoms. The van der Waals surface area contributed by atoms with Crippen LogP contribution in [0.5, 0.6) is 0 Å². The van der Waals surface area contributed by atoms with Gasteiger partial charge in [-0.05, 0) is 51.4 Å². The lowest BCUT2D eigenvalue weighted by molar-refractivity contribution is -0.232. The maximum absolute atomic E-state index is 5.97. The monoisotopic (exact) mass is 538 g/mol. The van der Waals surface area contributed by atoms with Crippen molar-refractivity contribution >= 4 is 31.9 Å². The van der Waals surface area contributed by atoms with Crippen LogP contribution < -0.4 is 0 Å². The van der Waals surface area contributed by atoms with Gasteiger partial charge < -0.3 is 14.2 Å². The molecule has 0 aliphatic rings. The van der Waals surface area contributed by atoms with Crippen molar-refractivity contribution in [3.05, 3.63) is 24.3 Å². The van der Waals surface area contributed by atoms with E-state index in [0.717, 1.165) is 36.3 Å². The molecule has 0 saturated heterocycles. The largest absolute Gasteiger partial charge is 0.356 e. The Kier molecular flexibility index (Phi) is 24.9. The molecule has 3 nitrogen and oxygen atoms in total.